The van der Waals surface area contributed by atoms with Gasteiger partial charge in [-0.15, -0.1) is 0 Å². The van der Waals surface area contributed by atoms with Gasteiger partial charge in [-0.2, -0.15) is 0 Å². The van der Waals surface area contributed by atoms with E-state index in [1.54, 1.807) is 0 Å². The molecule has 0 heterocycles. The second-order valence-corrected chi connectivity index (χ2v) is 9.73. The Morgan fingerprint density at radius 3 is 0.732 bits per heavy atom. The number of alkyl halides is 26. The monoisotopic (exact) mass is 708 g/mol. The molecule has 0 rings (SSSR count). The van der Waals surface area contributed by atoms with E-state index in [4.69, 9.17) is 0 Å². The summed E-state index contributed by atoms with van der Waals surface area (Å²) in [6, 6.07) is 0. The molecule has 0 aromatic rings. The molecule has 1 unspecified atom stereocenters. The van der Waals surface area contributed by atoms with Crippen molar-refractivity contribution in [3.63, 3.8) is 0 Å². The van der Waals surface area contributed by atoms with Crippen LogP contribution in [0.4, 0.5) is 123 Å². The third-order valence-electron chi connectivity index (χ3n) is 4.73. The van der Waals surface area contributed by atoms with Gasteiger partial charge in [0.25, 0.3) is 0 Å². The van der Waals surface area contributed by atoms with E-state index in [0.29, 0.717) is 0 Å². The molecule has 0 N–H and O–H groups in total. The molecular weight excluding hydrogens is 707 g/mol. The third-order valence-corrected chi connectivity index (χ3v) is 6.93. The van der Waals surface area contributed by atoms with E-state index in [9.17, 15) is 123 Å². The molecule has 0 aliphatic heterocycles. The zero-order chi connectivity index (χ0) is 34.5. The van der Waals surface area contributed by atoms with Gasteiger partial charge in [0.05, 0.1) is 0 Å². The molecule has 1 atom stereocenters. The first-order valence-electron chi connectivity index (χ1n) is 8.29. The van der Waals surface area contributed by atoms with Gasteiger partial charge < -0.3 is 0 Å². The van der Waals surface area contributed by atoms with Gasteiger partial charge in [0.2, 0.25) is 0 Å². The molecule has 0 spiro atoms. The molecule has 0 amide bonds. The van der Waals surface area contributed by atoms with E-state index in [1.807, 2.05) is 0 Å². The molecule has 0 nitrogen and oxygen atoms in total. The molecule has 0 saturated heterocycles. The first-order valence-corrected chi connectivity index (χ1v) is 10.0. The Balaban J connectivity index is 7.67. The fourth-order valence-corrected chi connectivity index (χ4v) is 3.84. The maximum atomic E-state index is 13.7. The number of hydrogen-bond acceptors (Lipinski definition) is 0. The average molecular weight is 708 g/mol. The molecule has 250 valence electrons. The average Bonchev–Trinajstić information content (AvgIpc) is 2.69. The summed E-state index contributed by atoms with van der Waals surface area (Å²) in [6.07, 6.45) is -25.8. The third kappa shape index (κ3) is 4.51. The second-order valence-electron chi connectivity index (χ2n) is 7.32. The standard InChI is InChI=1S/C12HF28P/c13-1(8(26,27)28,2(14,15)9(29,30)31)3(16,17)11(35,36)41(39,40)12(37,38)7(24,25)5(20,21)4(18,19)6(22,23)10(32,33)34/h41H. The molecule has 0 fully saturated rings. The Labute approximate surface area is 203 Å². The van der Waals surface area contributed by atoms with Gasteiger partial charge >= 0.3 is 201 Å². The molecule has 0 bridgehead atoms. The topological polar surface area (TPSA) is 0 Å². The van der Waals surface area contributed by atoms with Gasteiger partial charge in [0, 0.05) is 0 Å². The van der Waals surface area contributed by atoms with E-state index in [0.717, 1.165) is 0 Å². The molecule has 0 aliphatic carbocycles. The Bertz CT molecular complexity index is 958. The van der Waals surface area contributed by atoms with Crippen molar-refractivity contribution in [2.75, 3.05) is 0 Å². The maximum absolute atomic E-state index is 13.7. The van der Waals surface area contributed by atoms with Crippen molar-refractivity contribution in [1.29, 1.82) is 0 Å². The van der Waals surface area contributed by atoms with Gasteiger partial charge in [-0.3, -0.25) is 0 Å². The predicted molar refractivity (Wildman–Crippen MR) is 72.1 cm³/mol. The van der Waals surface area contributed by atoms with Crippen LogP contribution < -0.4 is 0 Å². The summed E-state index contributed by atoms with van der Waals surface area (Å²) in [4.78, 5) is 0. The summed E-state index contributed by atoms with van der Waals surface area (Å²) in [6.45, 7) is 0. The van der Waals surface area contributed by atoms with Crippen LogP contribution in [-0.4, -0.2) is 71.1 Å². The Morgan fingerprint density at radius 1 is 0.244 bits per heavy atom. The fourth-order valence-electron chi connectivity index (χ4n) is 2.33. The Morgan fingerprint density at radius 2 is 0.488 bits per heavy atom. The number of halogens is 28. The summed E-state index contributed by atoms with van der Waals surface area (Å²) in [7, 11) is -12.0. The zero-order valence-electron chi connectivity index (χ0n) is 17.1. The number of rotatable bonds is 9. The molecule has 29 heteroatoms. The summed E-state index contributed by atoms with van der Waals surface area (Å²) >= 11 is 0. The van der Waals surface area contributed by atoms with Crippen LogP contribution >= 0.6 is 7.88 Å². The van der Waals surface area contributed by atoms with Crippen molar-refractivity contribution in [2.45, 2.75) is 71.1 Å². The molecule has 0 saturated carbocycles. The Hall–Kier alpha value is -1.53. The van der Waals surface area contributed by atoms with Crippen molar-refractivity contribution in [3.05, 3.63) is 0 Å². The van der Waals surface area contributed by atoms with Crippen molar-refractivity contribution < 1.29 is 123 Å². The molecule has 0 aliphatic rings. The van der Waals surface area contributed by atoms with Gasteiger partial charge in [-0.05, 0) is 0 Å². The SMILES string of the molecule is FC(F)(F)C(F)(F)C(F)(F)C(F)(F)C(F)(F)C(F)(F)[PH](F)(F)C(F)(F)C(F)(F)C(F)(C(F)(F)F)C(F)(F)C(F)(F)F. The summed E-state index contributed by atoms with van der Waals surface area (Å²) in [5.41, 5.74) is -29.2. The minimum atomic E-state index is -12.0. The number of hydrogen-bond donors (Lipinski definition) is 0. The fraction of sp³-hybridized carbons (Fsp3) is 1.00. The van der Waals surface area contributed by atoms with E-state index < -0.39 is 78.9 Å². The van der Waals surface area contributed by atoms with E-state index in [-0.39, 0.29) is 0 Å². The molecule has 0 aromatic heterocycles. The molecule has 0 aromatic carbocycles. The minimum absolute atomic E-state index is 8.26. The molecule has 0 radical (unpaired) electrons. The van der Waals surface area contributed by atoms with E-state index in [2.05, 4.69) is 0 Å². The Kier molecular flexibility index (Phi) is 8.89. The van der Waals surface area contributed by atoms with Crippen molar-refractivity contribution in [3.8, 4) is 0 Å². The van der Waals surface area contributed by atoms with Crippen LogP contribution in [0, 0.1) is 0 Å². The van der Waals surface area contributed by atoms with Crippen LogP contribution in [0.25, 0.3) is 0 Å². The van der Waals surface area contributed by atoms with Gasteiger partial charge in [-0.1, -0.05) is 0 Å². The second kappa shape index (κ2) is 9.24. The van der Waals surface area contributed by atoms with Crippen LogP contribution in [0.15, 0.2) is 0 Å². The summed E-state index contributed by atoms with van der Waals surface area (Å²) in [5.74, 6) is -56.2. The van der Waals surface area contributed by atoms with Crippen molar-refractivity contribution in [2.24, 2.45) is 0 Å². The van der Waals surface area contributed by atoms with Crippen molar-refractivity contribution >= 4 is 7.88 Å². The first kappa shape index (κ1) is 39.5. The van der Waals surface area contributed by atoms with Gasteiger partial charge in [-0.25, -0.2) is 0 Å². The summed E-state index contributed by atoms with van der Waals surface area (Å²) < 4.78 is 363. The summed E-state index contributed by atoms with van der Waals surface area (Å²) in [5, 5.41) is 0. The van der Waals surface area contributed by atoms with E-state index >= 15 is 0 Å². The van der Waals surface area contributed by atoms with E-state index in [1.165, 1.54) is 0 Å². The first-order chi connectivity index (χ1) is 17.0. The van der Waals surface area contributed by atoms with Crippen LogP contribution in [0.2, 0.25) is 0 Å². The normalized spacial score (nSPS) is 18.8. The molecular formula is C12HF28P. The molecule has 41 heavy (non-hydrogen) atoms. The predicted octanol–water partition coefficient (Wildman–Crippen LogP) is 9.90. The van der Waals surface area contributed by atoms with Crippen LogP contribution in [0.5, 0.6) is 0 Å². The van der Waals surface area contributed by atoms with Crippen molar-refractivity contribution in [1.82, 2.24) is 0 Å². The zero-order valence-corrected chi connectivity index (χ0v) is 18.1. The van der Waals surface area contributed by atoms with Crippen LogP contribution in [0.1, 0.15) is 0 Å². The van der Waals surface area contributed by atoms with Gasteiger partial charge in [0.15, 0.2) is 0 Å². The van der Waals surface area contributed by atoms with Crippen LogP contribution in [-0.2, 0) is 0 Å². The quantitative estimate of drug-likeness (QED) is 0.165. The van der Waals surface area contributed by atoms with Crippen LogP contribution in [0.3, 0.4) is 0 Å². The van der Waals surface area contributed by atoms with Gasteiger partial charge in [0.1, 0.15) is 0 Å².